The molecule has 134 valence electrons. The molecule has 1 fully saturated rings. The zero-order valence-corrected chi connectivity index (χ0v) is 15.2. The highest BCUT2D eigenvalue weighted by atomic mass is 32.2. The van der Waals surface area contributed by atoms with Crippen LogP contribution in [-0.4, -0.2) is 51.6 Å². The number of aliphatic imine (C=N–C) groups is 1. The molecule has 1 aromatic carbocycles. The van der Waals surface area contributed by atoms with Crippen molar-refractivity contribution in [2.24, 2.45) is 4.99 Å². The summed E-state index contributed by atoms with van der Waals surface area (Å²) in [6, 6.07) is 7.93. The number of benzene rings is 1. The molecule has 1 aromatic rings. The normalized spacial score (nSPS) is 19.9. The van der Waals surface area contributed by atoms with Gasteiger partial charge in [-0.2, -0.15) is 0 Å². The van der Waals surface area contributed by atoms with E-state index in [2.05, 4.69) is 15.6 Å². The predicted octanol–water partition coefficient (Wildman–Crippen LogP) is 1.51. The zero-order valence-electron chi connectivity index (χ0n) is 14.4. The van der Waals surface area contributed by atoms with E-state index < -0.39 is 9.84 Å². The van der Waals surface area contributed by atoms with Crippen LogP contribution in [0.1, 0.15) is 25.3 Å². The van der Waals surface area contributed by atoms with Crippen molar-refractivity contribution in [2.75, 3.05) is 31.2 Å². The van der Waals surface area contributed by atoms with Gasteiger partial charge in [-0.15, -0.1) is 0 Å². The molecule has 1 aliphatic heterocycles. The summed E-state index contributed by atoms with van der Waals surface area (Å²) in [4.78, 5) is 4.49. The second-order valence-corrected chi connectivity index (χ2v) is 8.25. The molecule has 0 aliphatic carbocycles. The first kappa shape index (κ1) is 18.6. The first-order valence-corrected chi connectivity index (χ1v) is 10.3. The Balaban J connectivity index is 1.73. The molecule has 0 aromatic heterocycles. The maximum absolute atomic E-state index is 11.5. The van der Waals surface area contributed by atoms with E-state index in [0.29, 0.717) is 25.5 Å². The zero-order chi connectivity index (χ0) is 17.4. The molecule has 1 aliphatic rings. The topological polar surface area (TPSA) is 79.8 Å². The molecular weight excluding hydrogens is 326 g/mol. The summed E-state index contributed by atoms with van der Waals surface area (Å²) in [7, 11) is -2.88. The van der Waals surface area contributed by atoms with E-state index in [1.165, 1.54) is 5.56 Å². The van der Waals surface area contributed by atoms with E-state index in [4.69, 9.17) is 4.74 Å². The Hall–Kier alpha value is -1.76. The number of nitrogens with one attached hydrogen (secondary N) is 2. The Morgan fingerprint density at radius 2 is 2.08 bits per heavy atom. The Bertz CT molecular complexity index is 642. The molecule has 0 saturated carbocycles. The van der Waals surface area contributed by atoms with Crippen molar-refractivity contribution in [3.05, 3.63) is 29.8 Å². The average Bonchev–Trinajstić information content (AvgIpc) is 2.88. The molecule has 6 nitrogen and oxygen atoms in total. The van der Waals surface area contributed by atoms with Crippen molar-refractivity contribution >= 4 is 15.8 Å². The number of guanidine groups is 1. The molecule has 0 bridgehead atoms. The number of ether oxygens (including phenoxy) is 1. The van der Waals surface area contributed by atoms with Gasteiger partial charge in [-0.1, -0.05) is 17.7 Å². The van der Waals surface area contributed by atoms with Crippen LogP contribution >= 0.6 is 0 Å². The third kappa shape index (κ3) is 6.39. The summed E-state index contributed by atoms with van der Waals surface area (Å²) in [5.74, 6) is 1.99. The van der Waals surface area contributed by atoms with E-state index in [1.54, 1.807) is 0 Å². The molecule has 1 heterocycles. The predicted molar refractivity (Wildman–Crippen MR) is 97.5 cm³/mol. The summed E-state index contributed by atoms with van der Waals surface area (Å²) < 4.78 is 28.7. The van der Waals surface area contributed by atoms with Crippen molar-refractivity contribution < 1.29 is 13.2 Å². The summed E-state index contributed by atoms with van der Waals surface area (Å²) >= 11 is 0. The van der Waals surface area contributed by atoms with Gasteiger partial charge in [0.25, 0.3) is 0 Å². The molecule has 0 amide bonds. The second-order valence-electron chi connectivity index (χ2n) is 6.02. The van der Waals surface area contributed by atoms with E-state index in [0.717, 1.165) is 18.7 Å². The fourth-order valence-electron chi connectivity index (χ4n) is 2.50. The van der Waals surface area contributed by atoms with Gasteiger partial charge in [0.15, 0.2) is 15.8 Å². The average molecular weight is 353 g/mol. The van der Waals surface area contributed by atoms with Gasteiger partial charge in [0.1, 0.15) is 5.75 Å². The van der Waals surface area contributed by atoms with Crippen LogP contribution in [0.4, 0.5) is 0 Å². The first-order valence-electron chi connectivity index (χ1n) is 8.43. The van der Waals surface area contributed by atoms with Crippen LogP contribution in [0.25, 0.3) is 0 Å². The summed E-state index contributed by atoms with van der Waals surface area (Å²) in [5.41, 5.74) is 1.21. The van der Waals surface area contributed by atoms with E-state index in [9.17, 15) is 8.42 Å². The molecule has 2 N–H and O–H groups in total. The quantitative estimate of drug-likeness (QED) is 0.441. The highest BCUT2D eigenvalue weighted by molar-refractivity contribution is 7.91. The number of aryl methyl sites for hydroxylation is 1. The second kappa shape index (κ2) is 8.92. The van der Waals surface area contributed by atoms with Crippen LogP contribution < -0.4 is 15.4 Å². The molecular formula is C17H27N3O3S. The van der Waals surface area contributed by atoms with E-state index >= 15 is 0 Å². The largest absolute Gasteiger partial charge is 0.494 e. The number of sulfone groups is 1. The van der Waals surface area contributed by atoms with Crippen molar-refractivity contribution in [1.29, 1.82) is 0 Å². The van der Waals surface area contributed by atoms with Crippen LogP contribution in [0.5, 0.6) is 5.75 Å². The fraction of sp³-hybridized carbons (Fsp3) is 0.588. The first-order chi connectivity index (χ1) is 11.5. The van der Waals surface area contributed by atoms with Crippen LogP contribution in [0.2, 0.25) is 0 Å². The minimum absolute atomic E-state index is 0.0448. The Labute approximate surface area is 144 Å². The van der Waals surface area contributed by atoms with Crippen molar-refractivity contribution in [1.82, 2.24) is 10.6 Å². The number of hydrogen-bond acceptors (Lipinski definition) is 4. The lowest BCUT2D eigenvalue weighted by molar-refractivity contribution is 0.313. The van der Waals surface area contributed by atoms with Gasteiger partial charge in [-0.25, -0.2) is 8.42 Å². The lowest BCUT2D eigenvalue weighted by Gasteiger charge is -2.15. The lowest BCUT2D eigenvalue weighted by Crippen LogP contribution is -2.44. The molecule has 24 heavy (non-hydrogen) atoms. The molecule has 1 atom stereocenters. The minimum Gasteiger partial charge on any atom is -0.494 e. The maximum Gasteiger partial charge on any atom is 0.191 e. The Morgan fingerprint density at radius 1 is 1.33 bits per heavy atom. The minimum atomic E-state index is -2.88. The molecule has 2 rings (SSSR count). The Morgan fingerprint density at radius 3 is 2.71 bits per heavy atom. The summed E-state index contributed by atoms with van der Waals surface area (Å²) in [6.07, 6.45) is 1.44. The van der Waals surface area contributed by atoms with Gasteiger partial charge in [-0.05, 0) is 32.4 Å². The van der Waals surface area contributed by atoms with Gasteiger partial charge >= 0.3 is 0 Å². The smallest absolute Gasteiger partial charge is 0.191 e. The summed E-state index contributed by atoms with van der Waals surface area (Å²) in [5, 5.41) is 6.36. The number of hydrogen-bond donors (Lipinski definition) is 2. The third-order valence-corrected chi connectivity index (χ3v) is 5.55. The highest BCUT2D eigenvalue weighted by Crippen LogP contribution is 2.12. The third-order valence-electron chi connectivity index (χ3n) is 3.78. The van der Waals surface area contributed by atoms with Gasteiger partial charge in [-0.3, -0.25) is 4.99 Å². The van der Waals surface area contributed by atoms with Gasteiger partial charge in [0, 0.05) is 25.6 Å². The molecule has 0 radical (unpaired) electrons. The van der Waals surface area contributed by atoms with Crippen LogP contribution in [0.3, 0.4) is 0 Å². The highest BCUT2D eigenvalue weighted by Gasteiger charge is 2.28. The summed E-state index contributed by atoms with van der Waals surface area (Å²) in [6.45, 7) is 6.00. The standard InChI is InChI=1S/C17H27N3O3S/c1-3-18-17(20-15-9-12-24(21,22)13-15)19-10-4-11-23-16-7-5-14(2)6-8-16/h5-8,15H,3-4,9-13H2,1-2H3,(H2,18,19,20). The van der Waals surface area contributed by atoms with Gasteiger partial charge in [0.2, 0.25) is 0 Å². The van der Waals surface area contributed by atoms with Gasteiger partial charge in [0.05, 0.1) is 18.1 Å². The molecule has 1 saturated heterocycles. The fourth-order valence-corrected chi connectivity index (χ4v) is 4.18. The van der Waals surface area contributed by atoms with Crippen LogP contribution in [0.15, 0.2) is 29.3 Å². The molecule has 0 spiro atoms. The maximum atomic E-state index is 11.5. The van der Waals surface area contributed by atoms with E-state index in [-0.39, 0.29) is 17.5 Å². The van der Waals surface area contributed by atoms with Crippen molar-refractivity contribution in [2.45, 2.75) is 32.7 Å². The van der Waals surface area contributed by atoms with Gasteiger partial charge < -0.3 is 15.4 Å². The monoisotopic (exact) mass is 353 g/mol. The number of nitrogens with zero attached hydrogens (tertiary/aromatic N) is 1. The molecule has 1 unspecified atom stereocenters. The van der Waals surface area contributed by atoms with E-state index in [1.807, 2.05) is 38.1 Å². The van der Waals surface area contributed by atoms with Crippen molar-refractivity contribution in [3.8, 4) is 5.75 Å². The Kier molecular flexibility index (Phi) is 6.90. The van der Waals surface area contributed by atoms with Crippen LogP contribution in [0, 0.1) is 6.92 Å². The lowest BCUT2D eigenvalue weighted by atomic mass is 10.2. The molecule has 7 heteroatoms. The van der Waals surface area contributed by atoms with Crippen LogP contribution in [-0.2, 0) is 9.84 Å². The number of rotatable bonds is 7. The SMILES string of the molecule is CCNC(=NCCCOc1ccc(C)cc1)NC1CCS(=O)(=O)C1. The van der Waals surface area contributed by atoms with Crippen molar-refractivity contribution in [3.63, 3.8) is 0 Å².